The van der Waals surface area contributed by atoms with Gasteiger partial charge >= 0.3 is 0 Å². The van der Waals surface area contributed by atoms with Crippen LogP contribution in [-0.2, 0) is 10.0 Å². The van der Waals surface area contributed by atoms with Crippen molar-refractivity contribution in [2.45, 2.75) is 18.7 Å². The lowest BCUT2D eigenvalue weighted by molar-refractivity contribution is 0.174. The molecular formula is C19H18N4O4S. The highest BCUT2D eigenvalue weighted by Gasteiger charge is 2.21. The number of aryl methyl sites for hydroxylation is 2. The van der Waals surface area contributed by atoms with E-state index in [9.17, 15) is 8.42 Å². The fraction of sp³-hybridized carbons (Fsp3) is 0.158. The molecule has 3 aromatic rings. The quantitative estimate of drug-likeness (QED) is 0.679. The first-order chi connectivity index (χ1) is 13.4. The topological polar surface area (TPSA) is 102 Å². The second-order valence-electron chi connectivity index (χ2n) is 6.37. The van der Waals surface area contributed by atoms with Crippen LogP contribution >= 0.6 is 0 Å². The van der Waals surface area contributed by atoms with E-state index >= 15 is 0 Å². The van der Waals surface area contributed by atoms with Gasteiger partial charge in [-0.05, 0) is 55.3 Å². The van der Waals surface area contributed by atoms with Crippen molar-refractivity contribution in [3.8, 4) is 11.5 Å². The van der Waals surface area contributed by atoms with Crippen LogP contribution < -0.4 is 19.5 Å². The van der Waals surface area contributed by atoms with Crippen LogP contribution in [0.3, 0.4) is 0 Å². The van der Waals surface area contributed by atoms with E-state index in [1.165, 1.54) is 12.1 Å². The number of hydrogen-bond acceptors (Lipinski definition) is 7. The highest BCUT2D eigenvalue weighted by atomic mass is 32.2. The van der Waals surface area contributed by atoms with Gasteiger partial charge in [0.05, 0.1) is 4.90 Å². The smallest absolute Gasteiger partial charge is 0.263 e. The van der Waals surface area contributed by atoms with Gasteiger partial charge in [0.1, 0.15) is 0 Å². The molecule has 144 valence electrons. The standard InChI is InChI=1S/C19H18N4O4S/c1-12-3-4-13(2)15(9-12)20-18-7-8-19(22-21-18)23-28(24,25)14-5-6-16-17(10-14)27-11-26-16/h3-10H,11H2,1-2H3,(H,20,21)(H,22,23). The van der Waals surface area contributed by atoms with Crippen molar-refractivity contribution in [2.24, 2.45) is 0 Å². The summed E-state index contributed by atoms with van der Waals surface area (Å²) >= 11 is 0. The minimum atomic E-state index is -3.83. The molecule has 9 heteroatoms. The number of sulfonamides is 1. The third kappa shape index (κ3) is 3.70. The summed E-state index contributed by atoms with van der Waals surface area (Å²) in [6, 6.07) is 13.7. The molecule has 1 aromatic heterocycles. The molecular weight excluding hydrogens is 380 g/mol. The number of fused-ring (bicyclic) bond motifs is 1. The van der Waals surface area contributed by atoms with Gasteiger partial charge in [0.2, 0.25) is 6.79 Å². The Bertz CT molecular complexity index is 1130. The molecule has 28 heavy (non-hydrogen) atoms. The van der Waals surface area contributed by atoms with E-state index < -0.39 is 10.0 Å². The van der Waals surface area contributed by atoms with E-state index in [2.05, 4.69) is 20.2 Å². The molecule has 0 unspecified atom stereocenters. The van der Waals surface area contributed by atoms with E-state index in [4.69, 9.17) is 9.47 Å². The highest BCUT2D eigenvalue weighted by Crippen LogP contribution is 2.34. The molecule has 0 atom stereocenters. The average Bonchev–Trinajstić information content (AvgIpc) is 3.14. The molecule has 0 amide bonds. The Labute approximate surface area is 162 Å². The van der Waals surface area contributed by atoms with Crippen molar-refractivity contribution in [3.63, 3.8) is 0 Å². The molecule has 0 saturated carbocycles. The monoisotopic (exact) mass is 398 g/mol. The molecule has 4 rings (SSSR count). The number of nitrogens with zero attached hydrogens (tertiary/aromatic N) is 2. The second-order valence-corrected chi connectivity index (χ2v) is 8.05. The Kier molecular flexibility index (Phi) is 4.52. The van der Waals surface area contributed by atoms with Crippen molar-refractivity contribution >= 4 is 27.3 Å². The number of anilines is 3. The summed E-state index contributed by atoms with van der Waals surface area (Å²) in [4.78, 5) is 0.0520. The first-order valence-electron chi connectivity index (χ1n) is 8.51. The Morgan fingerprint density at radius 3 is 2.43 bits per heavy atom. The number of nitrogens with one attached hydrogen (secondary N) is 2. The summed E-state index contributed by atoms with van der Waals surface area (Å²) in [5, 5.41) is 11.2. The van der Waals surface area contributed by atoms with E-state index in [1.807, 2.05) is 32.0 Å². The molecule has 2 aromatic carbocycles. The largest absolute Gasteiger partial charge is 0.454 e. The summed E-state index contributed by atoms with van der Waals surface area (Å²) in [7, 11) is -3.83. The third-order valence-electron chi connectivity index (χ3n) is 4.21. The molecule has 0 aliphatic carbocycles. The van der Waals surface area contributed by atoms with Gasteiger partial charge in [-0.25, -0.2) is 8.42 Å². The van der Waals surface area contributed by atoms with E-state index in [-0.39, 0.29) is 17.5 Å². The van der Waals surface area contributed by atoms with Crippen LogP contribution in [0.2, 0.25) is 0 Å². The van der Waals surface area contributed by atoms with Gasteiger partial charge in [0.15, 0.2) is 23.1 Å². The van der Waals surface area contributed by atoms with Crippen LogP contribution in [0.25, 0.3) is 0 Å². The lowest BCUT2D eigenvalue weighted by atomic mass is 10.1. The van der Waals surface area contributed by atoms with Crippen LogP contribution in [0.15, 0.2) is 53.4 Å². The number of rotatable bonds is 5. The summed E-state index contributed by atoms with van der Waals surface area (Å²) in [6.07, 6.45) is 0. The predicted molar refractivity (Wildman–Crippen MR) is 105 cm³/mol. The summed E-state index contributed by atoms with van der Waals surface area (Å²) in [6.45, 7) is 4.07. The molecule has 0 bridgehead atoms. The van der Waals surface area contributed by atoms with Crippen molar-refractivity contribution in [1.29, 1.82) is 0 Å². The Morgan fingerprint density at radius 1 is 0.893 bits per heavy atom. The summed E-state index contributed by atoms with van der Waals surface area (Å²) in [5.74, 6) is 1.53. The van der Waals surface area contributed by atoms with Gasteiger partial charge in [-0.2, -0.15) is 0 Å². The maximum absolute atomic E-state index is 12.6. The van der Waals surface area contributed by atoms with Crippen molar-refractivity contribution in [1.82, 2.24) is 10.2 Å². The van der Waals surface area contributed by atoms with Crippen molar-refractivity contribution in [2.75, 3.05) is 16.8 Å². The van der Waals surface area contributed by atoms with Gasteiger partial charge in [-0.3, -0.25) is 4.72 Å². The maximum Gasteiger partial charge on any atom is 0.263 e. The summed E-state index contributed by atoms with van der Waals surface area (Å²) in [5.41, 5.74) is 3.11. The van der Waals surface area contributed by atoms with Gasteiger partial charge in [-0.15, -0.1) is 10.2 Å². The minimum absolute atomic E-state index is 0.0520. The zero-order valence-electron chi connectivity index (χ0n) is 15.3. The highest BCUT2D eigenvalue weighted by molar-refractivity contribution is 7.92. The third-order valence-corrected chi connectivity index (χ3v) is 5.57. The number of hydrogen-bond donors (Lipinski definition) is 2. The Balaban J connectivity index is 1.50. The molecule has 0 fully saturated rings. The Morgan fingerprint density at radius 2 is 1.64 bits per heavy atom. The number of aromatic nitrogens is 2. The number of benzene rings is 2. The van der Waals surface area contributed by atoms with E-state index in [0.717, 1.165) is 16.8 Å². The molecule has 8 nitrogen and oxygen atoms in total. The molecule has 2 heterocycles. The number of ether oxygens (including phenoxy) is 2. The van der Waals surface area contributed by atoms with Crippen LogP contribution in [0, 0.1) is 13.8 Å². The van der Waals surface area contributed by atoms with Crippen molar-refractivity contribution < 1.29 is 17.9 Å². The van der Waals surface area contributed by atoms with Gasteiger partial charge in [-0.1, -0.05) is 12.1 Å². The zero-order valence-corrected chi connectivity index (χ0v) is 16.1. The van der Waals surface area contributed by atoms with Gasteiger partial charge in [0, 0.05) is 11.8 Å². The van der Waals surface area contributed by atoms with Gasteiger partial charge in [0.25, 0.3) is 10.0 Å². The van der Waals surface area contributed by atoms with Crippen LogP contribution in [-0.4, -0.2) is 25.4 Å². The molecule has 0 saturated heterocycles. The van der Waals surface area contributed by atoms with E-state index in [0.29, 0.717) is 17.3 Å². The fourth-order valence-corrected chi connectivity index (χ4v) is 3.71. The Hall–Kier alpha value is -3.33. The van der Waals surface area contributed by atoms with Crippen molar-refractivity contribution in [3.05, 3.63) is 59.7 Å². The maximum atomic E-state index is 12.6. The minimum Gasteiger partial charge on any atom is -0.454 e. The van der Waals surface area contributed by atoms with Crippen LogP contribution in [0.1, 0.15) is 11.1 Å². The average molecular weight is 398 g/mol. The van der Waals surface area contributed by atoms with Gasteiger partial charge < -0.3 is 14.8 Å². The fourth-order valence-electron chi connectivity index (χ4n) is 2.70. The lowest BCUT2D eigenvalue weighted by Crippen LogP contribution is -2.14. The van der Waals surface area contributed by atoms with E-state index in [1.54, 1.807) is 18.2 Å². The molecule has 2 N–H and O–H groups in total. The predicted octanol–water partition coefficient (Wildman–Crippen LogP) is 3.37. The first kappa shape index (κ1) is 18.1. The molecule has 1 aliphatic rings. The molecule has 0 radical (unpaired) electrons. The summed E-state index contributed by atoms with van der Waals surface area (Å²) < 4.78 is 38.0. The SMILES string of the molecule is Cc1ccc(C)c(Nc2ccc(NS(=O)(=O)c3ccc4c(c3)OCO4)nn2)c1. The molecule has 1 aliphatic heterocycles. The van der Waals surface area contributed by atoms with Crippen LogP contribution in [0.4, 0.5) is 17.3 Å². The lowest BCUT2D eigenvalue weighted by Gasteiger charge is -2.10. The normalized spacial score (nSPS) is 12.6. The zero-order chi connectivity index (χ0) is 19.7. The second kappa shape index (κ2) is 7.01. The first-order valence-corrected chi connectivity index (χ1v) is 9.99. The van der Waals surface area contributed by atoms with Crippen LogP contribution in [0.5, 0.6) is 11.5 Å². The molecule has 0 spiro atoms.